The van der Waals surface area contributed by atoms with Crippen molar-refractivity contribution < 1.29 is 14.7 Å². The quantitative estimate of drug-likeness (QED) is 0.759. The number of nitrogens with zero attached hydrogens (tertiary/aromatic N) is 3. The molecule has 1 atom stereocenters. The SMILES string of the molecule is O=C(N[C@@H](C(=O)O)n1nnc2ccccc21)c1ccccc1. The lowest BCUT2D eigenvalue weighted by atomic mass is 10.2. The monoisotopic (exact) mass is 296 g/mol. The number of para-hydroxylation sites is 1. The Kier molecular flexibility index (Phi) is 3.53. The Hall–Kier alpha value is -3.22. The molecular weight excluding hydrogens is 284 g/mol. The Morgan fingerprint density at radius 3 is 2.45 bits per heavy atom. The molecule has 0 unspecified atom stereocenters. The van der Waals surface area contributed by atoms with Crippen LogP contribution in [0.15, 0.2) is 54.6 Å². The Morgan fingerprint density at radius 1 is 1.05 bits per heavy atom. The molecule has 2 aromatic carbocycles. The molecule has 7 nitrogen and oxygen atoms in total. The van der Waals surface area contributed by atoms with Crippen molar-refractivity contribution in [1.29, 1.82) is 0 Å². The molecule has 1 aromatic heterocycles. The number of aliphatic carboxylic acids is 1. The van der Waals surface area contributed by atoms with Crippen molar-refractivity contribution in [2.45, 2.75) is 6.17 Å². The Balaban J connectivity index is 1.94. The molecule has 3 rings (SSSR count). The number of carboxylic acids is 1. The maximum Gasteiger partial charge on any atom is 0.349 e. The third-order valence-corrected chi connectivity index (χ3v) is 3.16. The van der Waals surface area contributed by atoms with E-state index in [9.17, 15) is 14.7 Å². The molecule has 2 N–H and O–H groups in total. The number of carbonyl (C=O) groups is 2. The number of hydrogen-bond donors (Lipinski definition) is 2. The van der Waals surface area contributed by atoms with Gasteiger partial charge < -0.3 is 10.4 Å². The largest absolute Gasteiger partial charge is 0.478 e. The molecule has 22 heavy (non-hydrogen) atoms. The highest BCUT2D eigenvalue weighted by Gasteiger charge is 2.25. The third kappa shape index (κ3) is 2.51. The summed E-state index contributed by atoms with van der Waals surface area (Å²) < 4.78 is 1.18. The van der Waals surface area contributed by atoms with E-state index in [0.29, 0.717) is 16.6 Å². The van der Waals surface area contributed by atoms with E-state index in [4.69, 9.17) is 0 Å². The zero-order valence-corrected chi connectivity index (χ0v) is 11.4. The van der Waals surface area contributed by atoms with Crippen molar-refractivity contribution in [3.05, 3.63) is 60.2 Å². The standard InChI is InChI=1S/C15H12N4O3/c20-14(10-6-2-1-3-7-10)16-13(15(21)22)19-12-9-5-4-8-11(12)17-18-19/h1-9,13H,(H,16,20)(H,21,22)/t13-/m1/s1. The molecule has 0 spiro atoms. The number of amides is 1. The van der Waals surface area contributed by atoms with Gasteiger partial charge in [0.15, 0.2) is 0 Å². The van der Waals surface area contributed by atoms with Crippen LogP contribution in [0, 0.1) is 0 Å². The van der Waals surface area contributed by atoms with Crippen molar-refractivity contribution in [3.63, 3.8) is 0 Å². The first-order valence-corrected chi connectivity index (χ1v) is 6.55. The van der Waals surface area contributed by atoms with Gasteiger partial charge in [-0.05, 0) is 24.3 Å². The normalized spacial score (nSPS) is 12.0. The number of hydrogen-bond acceptors (Lipinski definition) is 4. The molecular formula is C15H12N4O3. The van der Waals surface area contributed by atoms with Crippen molar-refractivity contribution >= 4 is 22.9 Å². The van der Waals surface area contributed by atoms with Crippen LogP contribution in [0.5, 0.6) is 0 Å². The minimum atomic E-state index is -1.33. The fraction of sp³-hybridized carbons (Fsp3) is 0.0667. The van der Waals surface area contributed by atoms with Crippen LogP contribution in [-0.4, -0.2) is 32.0 Å². The summed E-state index contributed by atoms with van der Waals surface area (Å²) in [5.41, 5.74) is 1.46. The van der Waals surface area contributed by atoms with E-state index in [-0.39, 0.29) is 0 Å². The smallest absolute Gasteiger partial charge is 0.349 e. The fourth-order valence-corrected chi connectivity index (χ4v) is 2.10. The third-order valence-electron chi connectivity index (χ3n) is 3.16. The van der Waals surface area contributed by atoms with Crippen molar-refractivity contribution in [2.75, 3.05) is 0 Å². The van der Waals surface area contributed by atoms with Crippen molar-refractivity contribution in [2.24, 2.45) is 0 Å². The average molecular weight is 296 g/mol. The second kappa shape index (κ2) is 5.65. The number of aromatic nitrogens is 3. The molecule has 0 bridgehead atoms. The van der Waals surface area contributed by atoms with E-state index in [1.165, 1.54) is 4.68 Å². The maximum absolute atomic E-state index is 12.2. The summed E-state index contributed by atoms with van der Waals surface area (Å²) in [4.78, 5) is 23.7. The first kappa shape index (κ1) is 13.7. The fourth-order valence-electron chi connectivity index (χ4n) is 2.10. The molecule has 0 radical (unpaired) electrons. The van der Waals surface area contributed by atoms with Crippen LogP contribution < -0.4 is 5.32 Å². The van der Waals surface area contributed by atoms with Gasteiger partial charge in [-0.1, -0.05) is 35.5 Å². The molecule has 7 heteroatoms. The molecule has 0 fully saturated rings. The van der Waals surface area contributed by atoms with Gasteiger partial charge in [0.2, 0.25) is 6.17 Å². The number of carbonyl (C=O) groups excluding carboxylic acids is 1. The molecule has 0 saturated heterocycles. The van der Waals surface area contributed by atoms with E-state index in [1.807, 2.05) is 0 Å². The molecule has 0 aliphatic heterocycles. The minimum Gasteiger partial charge on any atom is -0.478 e. The van der Waals surface area contributed by atoms with Gasteiger partial charge in [-0.3, -0.25) is 4.79 Å². The number of benzene rings is 2. The molecule has 0 aliphatic rings. The van der Waals surface area contributed by atoms with Crippen LogP contribution in [0.3, 0.4) is 0 Å². The van der Waals surface area contributed by atoms with Crippen LogP contribution in [0.25, 0.3) is 11.0 Å². The number of carboxylic acid groups (broad SMARTS) is 1. The Morgan fingerprint density at radius 2 is 1.73 bits per heavy atom. The van der Waals surface area contributed by atoms with E-state index in [0.717, 1.165) is 0 Å². The lowest BCUT2D eigenvalue weighted by Crippen LogP contribution is -2.38. The predicted octanol–water partition coefficient (Wildman–Crippen LogP) is 1.44. The van der Waals surface area contributed by atoms with E-state index >= 15 is 0 Å². The highest BCUT2D eigenvalue weighted by molar-refractivity contribution is 5.96. The second-order valence-electron chi connectivity index (χ2n) is 4.60. The molecule has 0 aliphatic carbocycles. The van der Waals surface area contributed by atoms with Gasteiger partial charge >= 0.3 is 5.97 Å². The summed E-state index contributed by atoms with van der Waals surface area (Å²) in [6.07, 6.45) is -1.33. The van der Waals surface area contributed by atoms with Crippen molar-refractivity contribution in [1.82, 2.24) is 20.3 Å². The van der Waals surface area contributed by atoms with Crippen LogP contribution in [0.2, 0.25) is 0 Å². The van der Waals surface area contributed by atoms with Crippen LogP contribution in [0.4, 0.5) is 0 Å². The van der Waals surface area contributed by atoms with Crippen LogP contribution >= 0.6 is 0 Å². The zero-order chi connectivity index (χ0) is 15.5. The number of fused-ring (bicyclic) bond motifs is 1. The summed E-state index contributed by atoms with van der Waals surface area (Å²) in [5.74, 6) is -1.72. The zero-order valence-electron chi connectivity index (χ0n) is 11.4. The number of rotatable bonds is 4. The molecule has 110 valence electrons. The minimum absolute atomic E-state index is 0.373. The summed E-state index contributed by atoms with van der Waals surface area (Å²) in [6.45, 7) is 0. The van der Waals surface area contributed by atoms with Crippen LogP contribution in [0.1, 0.15) is 16.5 Å². The summed E-state index contributed by atoms with van der Waals surface area (Å²) in [6, 6.07) is 15.3. The van der Waals surface area contributed by atoms with Gasteiger partial charge in [0, 0.05) is 5.56 Å². The summed E-state index contributed by atoms with van der Waals surface area (Å²) in [5, 5.41) is 19.6. The molecule has 1 heterocycles. The lowest BCUT2D eigenvalue weighted by molar-refractivity contribution is -0.141. The van der Waals surface area contributed by atoms with Gasteiger partial charge in [0.25, 0.3) is 5.91 Å². The summed E-state index contributed by atoms with van der Waals surface area (Å²) >= 11 is 0. The van der Waals surface area contributed by atoms with E-state index in [1.54, 1.807) is 54.6 Å². The van der Waals surface area contributed by atoms with Gasteiger partial charge in [-0.25, -0.2) is 9.48 Å². The van der Waals surface area contributed by atoms with Crippen LogP contribution in [-0.2, 0) is 4.79 Å². The van der Waals surface area contributed by atoms with Gasteiger partial charge in [0.05, 0.1) is 5.52 Å². The maximum atomic E-state index is 12.2. The highest BCUT2D eigenvalue weighted by Crippen LogP contribution is 2.14. The second-order valence-corrected chi connectivity index (χ2v) is 4.60. The lowest BCUT2D eigenvalue weighted by Gasteiger charge is -2.15. The predicted molar refractivity (Wildman–Crippen MR) is 78.1 cm³/mol. The topological polar surface area (TPSA) is 97.1 Å². The summed E-state index contributed by atoms with van der Waals surface area (Å²) in [7, 11) is 0. The molecule has 1 amide bonds. The van der Waals surface area contributed by atoms with Crippen molar-refractivity contribution in [3.8, 4) is 0 Å². The Labute approximate surface area is 125 Å². The average Bonchev–Trinajstić information content (AvgIpc) is 2.96. The molecule has 0 saturated carbocycles. The first-order valence-electron chi connectivity index (χ1n) is 6.55. The van der Waals surface area contributed by atoms with Gasteiger partial charge in [0.1, 0.15) is 5.52 Å². The van der Waals surface area contributed by atoms with Gasteiger partial charge in [-0.15, -0.1) is 5.10 Å². The highest BCUT2D eigenvalue weighted by atomic mass is 16.4. The van der Waals surface area contributed by atoms with Gasteiger partial charge in [-0.2, -0.15) is 0 Å². The van der Waals surface area contributed by atoms with E-state index in [2.05, 4.69) is 15.6 Å². The molecule has 3 aromatic rings. The Bertz CT molecular complexity index is 829. The van der Waals surface area contributed by atoms with E-state index < -0.39 is 18.0 Å². The first-order chi connectivity index (χ1) is 10.7. The number of nitrogens with one attached hydrogen (secondary N) is 1.